The van der Waals surface area contributed by atoms with Gasteiger partial charge in [-0.15, -0.1) is 0 Å². The number of allylic oxidation sites excluding steroid dienone is 1. The van der Waals surface area contributed by atoms with Gasteiger partial charge in [-0.25, -0.2) is 0 Å². The molecule has 1 aliphatic rings. The summed E-state index contributed by atoms with van der Waals surface area (Å²) in [6, 6.07) is 0. The van der Waals surface area contributed by atoms with E-state index in [1.54, 1.807) is 0 Å². The van der Waals surface area contributed by atoms with Gasteiger partial charge in [0, 0.05) is 37.4 Å². The van der Waals surface area contributed by atoms with Crippen molar-refractivity contribution in [3.8, 4) is 0 Å². The van der Waals surface area contributed by atoms with Crippen LogP contribution in [0.15, 0.2) is 24.6 Å². The highest BCUT2D eigenvalue weighted by atomic mass is 15.2. The Hall–Kier alpha value is -0.920. The molecule has 11 heavy (non-hydrogen) atoms. The van der Waals surface area contributed by atoms with Crippen LogP contribution in [-0.4, -0.2) is 25.0 Å². The van der Waals surface area contributed by atoms with E-state index in [4.69, 9.17) is 0 Å². The quantitative estimate of drug-likeness (QED) is 0.653. The third-order valence-electron chi connectivity index (χ3n) is 2.24. The van der Waals surface area contributed by atoms with Crippen molar-refractivity contribution in [3.63, 3.8) is 0 Å². The van der Waals surface area contributed by atoms with Crippen molar-refractivity contribution in [1.82, 2.24) is 10.2 Å². The normalized spacial score (nSPS) is 17.5. The number of nitrogens with zero attached hydrogens (tertiary/aromatic N) is 1. The second-order valence-electron chi connectivity index (χ2n) is 3.11. The third-order valence-corrected chi connectivity index (χ3v) is 2.24. The Morgan fingerprint density at radius 2 is 2.00 bits per heavy atom. The van der Waals surface area contributed by atoms with Gasteiger partial charge in [0.15, 0.2) is 0 Å². The van der Waals surface area contributed by atoms with Crippen molar-refractivity contribution in [1.29, 1.82) is 0 Å². The Morgan fingerprint density at radius 1 is 1.45 bits per heavy atom. The topological polar surface area (TPSA) is 15.3 Å². The molecule has 1 aliphatic heterocycles. The van der Waals surface area contributed by atoms with Crippen LogP contribution in [0.2, 0.25) is 0 Å². The predicted molar refractivity (Wildman–Crippen MR) is 48.1 cm³/mol. The molecule has 0 spiro atoms. The zero-order valence-corrected chi connectivity index (χ0v) is 7.35. The minimum atomic E-state index is 0.622. The minimum absolute atomic E-state index is 0.622. The Bertz CT molecular complexity index is 178. The molecule has 62 valence electrons. The summed E-state index contributed by atoms with van der Waals surface area (Å²) in [4.78, 5) is 2.26. The number of hydrogen-bond donors (Lipinski definition) is 1. The van der Waals surface area contributed by atoms with Gasteiger partial charge in [0.2, 0.25) is 0 Å². The minimum Gasteiger partial charge on any atom is -0.392 e. The van der Waals surface area contributed by atoms with E-state index in [0.29, 0.717) is 5.92 Å². The molecule has 0 aromatic carbocycles. The monoisotopic (exact) mass is 152 g/mol. The van der Waals surface area contributed by atoms with E-state index < -0.39 is 0 Å². The fourth-order valence-electron chi connectivity index (χ4n) is 1.21. The second-order valence-corrected chi connectivity index (χ2v) is 3.11. The van der Waals surface area contributed by atoms with E-state index in [9.17, 15) is 0 Å². The summed E-state index contributed by atoms with van der Waals surface area (Å²) < 4.78 is 0. The van der Waals surface area contributed by atoms with E-state index >= 15 is 0 Å². The highest BCUT2D eigenvalue weighted by Crippen LogP contribution is 2.23. The molecule has 2 heteroatoms. The van der Waals surface area contributed by atoms with Crippen LogP contribution in [0, 0.1) is 5.92 Å². The average molecular weight is 152 g/mol. The number of nitrogens with one attached hydrogen (secondary N) is 1. The Labute approximate surface area is 68.6 Å². The van der Waals surface area contributed by atoms with Gasteiger partial charge in [-0.05, 0) is 6.92 Å². The summed E-state index contributed by atoms with van der Waals surface area (Å²) in [5, 5.41) is 3.08. The summed E-state index contributed by atoms with van der Waals surface area (Å²) in [7, 11) is 1.92. The first kappa shape index (κ1) is 8.18. The summed E-state index contributed by atoms with van der Waals surface area (Å²) >= 11 is 0. The first-order valence-corrected chi connectivity index (χ1v) is 3.92. The first-order chi connectivity index (χ1) is 5.15. The molecule has 0 amide bonds. The van der Waals surface area contributed by atoms with Crippen LogP contribution in [0.4, 0.5) is 0 Å². The third kappa shape index (κ3) is 1.56. The number of likely N-dealkylation sites (tertiary alicyclic amines) is 1. The Morgan fingerprint density at radius 3 is 2.36 bits per heavy atom. The van der Waals surface area contributed by atoms with Crippen LogP contribution in [0.25, 0.3) is 0 Å². The van der Waals surface area contributed by atoms with E-state index in [-0.39, 0.29) is 0 Å². The molecule has 0 aromatic rings. The Kier molecular flexibility index (Phi) is 2.22. The molecular weight excluding hydrogens is 136 g/mol. The summed E-state index contributed by atoms with van der Waals surface area (Å²) in [5.74, 6) is 0.622. The first-order valence-electron chi connectivity index (χ1n) is 3.92. The molecule has 0 aliphatic carbocycles. The van der Waals surface area contributed by atoms with Gasteiger partial charge in [0.05, 0.1) is 0 Å². The zero-order valence-electron chi connectivity index (χ0n) is 7.35. The van der Waals surface area contributed by atoms with E-state index in [2.05, 4.69) is 23.4 Å². The molecule has 0 aromatic heterocycles. The molecule has 1 fully saturated rings. The van der Waals surface area contributed by atoms with Crippen molar-refractivity contribution in [2.45, 2.75) is 6.92 Å². The average Bonchev–Trinajstić information content (AvgIpc) is 1.83. The van der Waals surface area contributed by atoms with Gasteiger partial charge in [0.25, 0.3) is 0 Å². The molecule has 2 nitrogen and oxygen atoms in total. The fraction of sp³-hybridized carbons (Fsp3) is 0.556. The largest absolute Gasteiger partial charge is 0.392 e. The Balaban J connectivity index is 2.29. The maximum atomic E-state index is 3.92. The SMILES string of the molecule is C=C(NC)C1CN(C(=C)C)C1. The smallest absolute Gasteiger partial charge is 0.0331 e. The summed E-state index contributed by atoms with van der Waals surface area (Å²) in [5.41, 5.74) is 2.30. The van der Waals surface area contributed by atoms with E-state index in [0.717, 1.165) is 24.5 Å². The van der Waals surface area contributed by atoms with Gasteiger partial charge in [0.1, 0.15) is 0 Å². The van der Waals surface area contributed by atoms with Crippen LogP contribution in [0.1, 0.15) is 6.92 Å². The standard InChI is InChI=1S/C9H16N2/c1-7(2)11-5-9(6-11)8(3)10-4/h9-10H,1,3,5-6H2,2,4H3. The van der Waals surface area contributed by atoms with Crippen molar-refractivity contribution in [2.24, 2.45) is 5.92 Å². The van der Waals surface area contributed by atoms with Gasteiger partial charge >= 0.3 is 0 Å². The molecule has 0 unspecified atom stereocenters. The second kappa shape index (κ2) is 2.99. The number of rotatable bonds is 3. The molecule has 1 rings (SSSR count). The predicted octanol–water partition coefficient (Wildman–Crippen LogP) is 1.18. The maximum Gasteiger partial charge on any atom is 0.0331 e. The molecular formula is C9H16N2. The summed E-state index contributed by atoms with van der Waals surface area (Å²) in [6.07, 6.45) is 0. The van der Waals surface area contributed by atoms with Gasteiger partial charge in [-0.3, -0.25) is 0 Å². The van der Waals surface area contributed by atoms with Crippen molar-refractivity contribution in [2.75, 3.05) is 20.1 Å². The lowest BCUT2D eigenvalue weighted by atomic mass is 9.96. The van der Waals surface area contributed by atoms with E-state index in [1.807, 2.05) is 14.0 Å². The van der Waals surface area contributed by atoms with Gasteiger partial charge in [-0.1, -0.05) is 13.2 Å². The van der Waals surface area contributed by atoms with Crippen molar-refractivity contribution >= 4 is 0 Å². The lowest BCUT2D eigenvalue weighted by Gasteiger charge is -2.42. The fourth-order valence-corrected chi connectivity index (χ4v) is 1.21. The van der Waals surface area contributed by atoms with Crippen molar-refractivity contribution < 1.29 is 0 Å². The molecule has 0 atom stereocenters. The van der Waals surface area contributed by atoms with Crippen LogP contribution in [-0.2, 0) is 0 Å². The van der Waals surface area contributed by atoms with Crippen LogP contribution < -0.4 is 5.32 Å². The zero-order chi connectivity index (χ0) is 8.43. The van der Waals surface area contributed by atoms with Gasteiger partial charge in [-0.2, -0.15) is 0 Å². The molecule has 1 N–H and O–H groups in total. The van der Waals surface area contributed by atoms with Crippen LogP contribution in [0.3, 0.4) is 0 Å². The molecule has 1 heterocycles. The highest BCUT2D eigenvalue weighted by molar-refractivity contribution is 5.09. The maximum absolute atomic E-state index is 3.92. The van der Waals surface area contributed by atoms with Crippen LogP contribution >= 0.6 is 0 Å². The number of hydrogen-bond acceptors (Lipinski definition) is 2. The summed E-state index contributed by atoms with van der Waals surface area (Å²) in [6.45, 7) is 12.0. The lowest BCUT2D eigenvalue weighted by molar-refractivity contribution is 0.167. The van der Waals surface area contributed by atoms with Gasteiger partial charge < -0.3 is 10.2 Å². The van der Waals surface area contributed by atoms with Crippen molar-refractivity contribution in [3.05, 3.63) is 24.6 Å². The lowest BCUT2D eigenvalue weighted by Crippen LogP contribution is -2.47. The highest BCUT2D eigenvalue weighted by Gasteiger charge is 2.27. The van der Waals surface area contributed by atoms with Crippen LogP contribution in [0.5, 0.6) is 0 Å². The molecule has 0 bridgehead atoms. The van der Waals surface area contributed by atoms with E-state index in [1.165, 1.54) is 0 Å². The molecule has 0 saturated carbocycles. The molecule has 1 saturated heterocycles. The molecule has 0 radical (unpaired) electrons.